The Morgan fingerprint density at radius 1 is 1.03 bits per heavy atom. The van der Waals surface area contributed by atoms with E-state index in [0.717, 1.165) is 0 Å². The largest absolute Gasteiger partial charge is 0.461 e. The summed E-state index contributed by atoms with van der Waals surface area (Å²) in [6.45, 7) is -0.479. The predicted octanol–water partition coefficient (Wildman–Crippen LogP) is 3.11. The Hall–Kier alpha value is -3.60. The lowest BCUT2D eigenvalue weighted by molar-refractivity contribution is -0.384. The number of carbonyl (C=O) groups excluding carboxylic acids is 4. The maximum atomic E-state index is 12.7. The maximum Gasteiger partial charge on any atom is 0.343 e. The smallest absolute Gasteiger partial charge is 0.343 e. The standard InChI is InChI=1S/C24H18BrNO9/c25-20-15-9-16-19(24(30)35-21(16)20)18(15)23(29)33-10-17(27)11-3-7-14(8-4-11)34-22(28)12-1-5-13(6-2-12)26(31)32/h1-8,15-16,18-21H,9-10H2/t15-,16-,18-,19-,20+,21+/m1/s1. The molecule has 2 aromatic rings. The van der Waals surface area contributed by atoms with E-state index in [2.05, 4.69) is 15.9 Å². The van der Waals surface area contributed by atoms with Crippen LogP contribution in [0.5, 0.6) is 5.75 Å². The quantitative estimate of drug-likeness (QED) is 0.129. The number of fused-ring (bicyclic) bond motifs is 1. The molecule has 11 heteroatoms. The van der Waals surface area contributed by atoms with Crippen LogP contribution in [0.15, 0.2) is 48.5 Å². The molecule has 2 saturated carbocycles. The molecular weight excluding hydrogens is 526 g/mol. The van der Waals surface area contributed by atoms with Crippen molar-refractivity contribution in [3.63, 3.8) is 0 Å². The van der Waals surface area contributed by atoms with Crippen molar-refractivity contribution in [2.24, 2.45) is 23.7 Å². The maximum absolute atomic E-state index is 12.7. The number of halogens is 1. The fourth-order valence-corrected chi connectivity index (χ4v) is 6.25. The van der Waals surface area contributed by atoms with Gasteiger partial charge < -0.3 is 14.2 Å². The van der Waals surface area contributed by atoms with Crippen LogP contribution in [0.25, 0.3) is 0 Å². The Balaban J connectivity index is 1.16. The Kier molecular flexibility index (Phi) is 5.87. The first kappa shape index (κ1) is 23.2. The molecule has 1 aliphatic heterocycles. The van der Waals surface area contributed by atoms with Crippen LogP contribution in [0.1, 0.15) is 27.1 Å². The molecule has 0 aromatic heterocycles. The van der Waals surface area contributed by atoms with Crippen molar-refractivity contribution >= 4 is 45.3 Å². The Morgan fingerprint density at radius 3 is 2.34 bits per heavy atom. The van der Waals surface area contributed by atoms with Gasteiger partial charge >= 0.3 is 17.9 Å². The van der Waals surface area contributed by atoms with Crippen molar-refractivity contribution in [3.05, 3.63) is 69.8 Å². The van der Waals surface area contributed by atoms with Crippen LogP contribution >= 0.6 is 15.9 Å². The van der Waals surface area contributed by atoms with Gasteiger partial charge in [0.2, 0.25) is 0 Å². The first-order valence-electron chi connectivity index (χ1n) is 10.9. The average molecular weight is 544 g/mol. The summed E-state index contributed by atoms with van der Waals surface area (Å²) < 4.78 is 15.9. The number of Topliss-reactive ketones (excluding diaryl/α,β-unsaturated/α-hetero) is 1. The molecule has 1 saturated heterocycles. The van der Waals surface area contributed by atoms with E-state index in [-0.39, 0.29) is 51.3 Å². The summed E-state index contributed by atoms with van der Waals surface area (Å²) in [7, 11) is 0. The summed E-state index contributed by atoms with van der Waals surface area (Å²) >= 11 is 3.53. The minimum Gasteiger partial charge on any atom is -0.461 e. The van der Waals surface area contributed by atoms with Gasteiger partial charge in [0.05, 0.1) is 27.1 Å². The van der Waals surface area contributed by atoms with Crippen LogP contribution < -0.4 is 4.74 Å². The molecule has 2 aromatic carbocycles. The summed E-state index contributed by atoms with van der Waals surface area (Å²) in [4.78, 5) is 59.7. The second-order valence-electron chi connectivity index (χ2n) is 8.71. The second-order valence-corrected chi connectivity index (χ2v) is 9.77. The van der Waals surface area contributed by atoms with Gasteiger partial charge in [0.1, 0.15) is 11.9 Å². The Labute approximate surface area is 206 Å². The molecule has 35 heavy (non-hydrogen) atoms. The molecule has 0 unspecified atom stereocenters. The Morgan fingerprint density at radius 2 is 1.69 bits per heavy atom. The zero-order chi connectivity index (χ0) is 24.9. The molecule has 0 N–H and O–H groups in total. The lowest BCUT2D eigenvalue weighted by Gasteiger charge is -2.26. The van der Waals surface area contributed by atoms with Crippen molar-refractivity contribution in [1.82, 2.24) is 0 Å². The van der Waals surface area contributed by atoms with Gasteiger partial charge in [-0.2, -0.15) is 0 Å². The van der Waals surface area contributed by atoms with E-state index in [4.69, 9.17) is 14.2 Å². The normalized spacial score (nSPS) is 27.9. The molecule has 3 aliphatic rings. The first-order chi connectivity index (χ1) is 16.7. The van der Waals surface area contributed by atoms with Crippen LogP contribution in [0.2, 0.25) is 0 Å². The number of carbonyl (C=O) groups is 4. The van der Waals surface area contributed by atoms with E-state index in [1.165, 1.54) is 48.5 Å². The molecular formula is C24H18BrNO9. The molecule has 180 valence electrons. The van der Waals surface area contributed by atoms with E-state index >= 15 is 0 Å². The van der Waals surface area contributed by atoms with E-state index in [9.17, 15) is 29.3 Å². The lowest BCUT2D eigenvalue weighted by Crippen LogP contribution is -2.39. The van der Waals surface area contributed by atoms with Crippen molar-refractivity contribution in [1.29, 1.82) is 0 Å². The number of alkyl halides is 1. The number of nitro benzene ring substituents is 1. The number of nitro groups is 1. The van der Waals surface area contributed by atoms with Crippen LogP contribution in [0.3, 0.4) is 0 Å². The molecule has 10 nitrogen and oxygen atoms in total. The van der Waals surface area contributed by atoms with Gasteiger partial charge in [-0.1, -0.05) is 15.9 Å². The molecule has 2 aliphatic carbocycles. The number of rotatable bonds is 7. The van der Waals surface area contributed by atoms with Crippen LogP contribution in [0.4, 0.5) is 5.69 Å². The van der Waals surface area contributed by atoms with E-state index in [0.29, 0.717) is 6.42 Å². The van der Waals surface area contributed by atoms with Gasteiger partial charge in [0, 0.05) is 23.6 Å². The number of ketones is 1. The van der Waals surface area contributed by atoms with Crippen molar-refractivity contribution in [2.75, 3.05) is 6.61 Å². The molecule has 2 bridgehead atoms. The molecule has 6 atom stereocenters. The average Bonchev–Trinajstić information content (AvgIpc) is 3.47. The van der Waals surface area contributed by atoms with Gasteiger partial charge in [-0.15, -0.1) is 0 Å². The van der Waals surface area contributed by atoms with Gasteiger partial charge in [-0.25, -0.2) is 4.79 Å². The van der Waals surface area contributed by atoms with Gasteiger partial charge in [0.15, 0.2) is 12.4 Å². The lowest BCUT2D eigenvalue weighted by atomic mass is 9.80. The van der Waals surface area contributed by atoms with Crippen LogP contribution in [-0.4, -0.2) is 46.2 Å². The third kappa shape index (κ3) is 4.09. The minimum atomic E-state index is -0.712. The minimum absolute atomic E-state index is 0.00591. The topological polar surface area (TPSA) is 139 Å². The number of hydrogen-bond donors (Lipinski definition) is 0. The predicted molar refractivity (Wildman–Crippen MR) is 121 cm³/mol. The number of hydrogen-bond acceptors (Lipinski definition) is 9. The summed E-state index contributed by atoms with van der Waals surface area (Å²) in [5.74, 6) is -3.13. The van der Waals surface area contributed by atoms with E-state index in [1.807, 2.05) is 0 Å². The zero-order valence-corrected chi connectivity index (χ0v) is 19.6. The van der Waals surface area contributed by atoms with Crippen LogP contribution in [0, 0.1) is 33.8 Å². The van der Waals surface area contributed by atoms with Gasteiger partial charge in [-0.05, 0) is 48.7 Å². The highest BCUT2D eigenvalue weighted by atomic mass is 79.9. The van der Waals surface area contributed by atoms with Crippen molar-refractivity contribution < 1.29 is 38.3 Å². The molecule has 0 radical (unpaired) electrons. The van der Waals surface area contributed by atoms with Gasteiger partial charge in [0.25, 0.3) is 5.69 Å². The highest BCUT2D eigenvalue weighted by molar-refractivity contribution is 9.09. The third-order valence-corrected chi connectivity index (χ3v) is 8.04. The SMILES string of the molecule is O=C(COC(=O)[C@@H]1[C@H]2C[C@H]3[C@H](OC(=O)[C@H]31)[C@H]2Br)c1ccc(OC(=O)c2ccc([N+](=O)[O-])cc2)cc1. The van der Waals surface area contributed by atoms with Crippen molar-refractivity contribution in [3.8, 4) is 5.75 Å². The monoisotopic (exact) mass is 543 g/mol. The molecule has 0 spiro atoms. The highest BCUT2D eigenvalue weighted by Gasteiger charge is 2.68. The summed E-state index contributed by atoms with van der Waals surface area (Å²) in [6.07, 6.45) is 0.515. The molecule has 1 heterocycles. The number of non-ortho nitro benzene ring substituents is 1. The first-order valence-corrected chi connectivity index (χ1v) is 11.8. The summed E-state index contributed by atoms with van der Waals surface area (Å²) in [6, 6.07) is 10.7. The summed E-state index contributed by atoms with van der Waals surface area (Å²) in [5, 5.41) is 10.7. The van der Waals surface area contributed by atoms with Gasteiger partial charge in [-0.3, -0.25) is 24.5 Å². The second kappa shape index (κ2) is 8.88. The van der Waals surface area contributed by atoms with E-state index in [1.54, 1.807) is 0 Å². The number of nitrogens with zero attached hydrogens (tertiary/aromatic N) is 1. The molecule has 0 amide bonds. The Bertz CT molecular complexity index is 1230. The van der Waals surface area contributed by atoms with E-state index < -0.39 is 41.1 Å². The fraction of sp³-hybridized carbons (Fsp3) is 0.333. The number of benzene rings is 2. The third-order valence-electron chi connectivity index (χ3n) is 6.84. The molecule has 3 fully saturated rings. The molecule has 5 rings (SSSR count). The number of esters is 3. The highest BCUT2D eigenvalue weighted by Crippen LogP contribution is 2.60. The van der Waals surface area contributed by atoms with Crippen LogP contribution in [-0.2, 0) is 19.1 Å². The summed E-state index contributed by atoms with van der Waals surface area (Å²) in [5.41, 5.74) is 0.232. The zero-order valence-electron chi connectivity index (χ0n) is 18.0. The van der Waals surface area contributed by atoms with Crippen molar-refractivity contribution in [2.45, 2.75) is 17.4 Å². The number of ether oxygens (including phenoxy) is 3. The fourth-order valence-electron chi connectivity index (χ4n) is 5.20.